The monoisotopic (exact) mass is 220 g/mol. The maximum atomic E-state index is 3.22. The molecule has 2 nitrogen and oxygen atoms in total. The molecule has 0 amide bonds. The first kappa shape index (κ1) is 11.9. The molecule has 1 heterocycles. The van der Waals surface area contributed by atoms with E-state index in [4.69, 9.17) is 0 Å². The van der Waals surface area contributed by atoms with Crippen LogP contribution >= 0.6 is 0 Å². The lowest BCUT2D eigenvalue weighted by Crippen LogP contribution is -2.38. The Balaban J connectivity index is 1.82. The Labute approximate surface area is 99.4 Å². The summed E-state index contributed by atoms with van der Waals surface area (Å²) < 4.78 is 0. The minimum atomic E-state index is 0.813. The maximum absolute atomic E-state index is 3.22. The molecule has 16 heavy (non-hydrogen) atoms. The lowest BCUT2D eigenvalue weighted by atomic mass is 9.83. The van der Waals surface area contributed by atoms with Crippen molar-refractivity contribution in [2.75, 3.05) is 33.2 Å². The molecular formula is C14H24N2. The predicted octanol–water partition coefficient (Wildman–Crippen LogP) is 2.19. The van der Waals surface area contributed by atoms with E-state index in [1.165, 1.54) is 38.9 Å². The van der Waals surface area contributed by atoms with Crippen molar-refractivity contribution in [2.45, 2.75) is 26.2 Å². The van der Waals surface area contributed by atoms with Crippen LogP contribution in [0.3, 0.4) is 0 Å². The SMILES string of the molecule is CNCCCN1CCC2=CC=C(C)C[C@@H]2C1. The second-order valence-electron chi connectivity index (χ2n) is 5.16. The van der Waals surface area contributed by atoms with Crippen LogP contribution < -0.4 is 5.32 Å². The minimum Gasteiger partial charge on any atom is -0.320 e. The normalized spacial score (nSPS) is 26.0. The summed E-state index contributed by atoms with van der Waals surface area (Å²) in [5, 5.41) is 3.22. The van der Waals surface area contributed by atoms with Crippen LogP contribution in [-0.2, 0) is 0 Å². The summed E-state index contributed by atoms with van der Waals surface area (Å²) in [6.45, 7) is 7.20. The molecule has 90 valence electrons. The van der Waals surface area contributed by atoms with Crippen LogP contribution in [-0.4, -0.2) is 38.1 Å². The van der Waals surface area contributed by atoms with Crippen LogP contribution in [0, 0.1) is 5.92 Å². The number of allylic oxidation sites excluding steroid dienone is 3. The third-order valence-corrected chi connectivity index (χ3v) is 3.77. The van der Waals surface area contributed by atoms with Gasteiger partial charge in [0.25, 0.3) is 0 Å². The molecule has 0 unspecified atom stereocenters. The zero-order valence-electron chi connectivity index (χ0n) is 10.6. The molecule has 1 N–H and O–H groups in total. The third kappa shape index (κ3) is 2.96. The van der Waals surface area contributed by atoms with E-state index in [0.29, 0.717) is 0 Å². The van der Waals surface area contributed by atoms with Gasteiger partial charge in [0.1, 0.15) is 0 Å². The van der Waals surface area contributed by atoms with Crippen molar-refractivity contribution >= 4 is 0 Å². The second-order valence-corrected chi connectivity index (χ2v) is 5.16. The summed E-state index contributed by atoms with van der Waals surface area (Å²) in [7, 11) is 2.03. The van der Waals surface area contributed by atoms with Gasteiger partial charge < -0.3 is 10.2 Å². The molecule has 1 aliphatic heterocycles. The van der Waals surface area contributed by atoms with Gasteiger partial charge in [-0.15, -0.1) is 0 Å². The first-order valence-corrected chi connectivity index (χ1v) is 6.53. The lowest BCUT2D eigenvalue weighted by Gasteiger charge is -2.36. The smallest absolute Gasteiger partial charge is 0.00504 e. The molecule has 2 heteroatoms. The molecule has 1 aliphatic carbocycles. The van der Waals surface area contributed by atoms with E-state index < -0.39 is 0 Å². The summed E-state index contributed by atoms with van der Waals surface area (Å²) in [6, 6.07) is 0. The molecule has 0 aromatic rings. The van der Waals surface area contributed by atoms with Gasteiger partial charge in [-0.1, -0.05) is 23.3 Å². The topological polar surface area (TPSA) is 15.3 Å². The van der Waals surface area contributed by atoms with Gasteiger partial charge in [-0.2, -0.15) is 0 Å². The van der Waals surface area contributed by atoms with Crippen LogP contribution in [0.2, 0.25) is 0 Å². The summed E-state index contributed by atoms with van der Waals surface area (Å²) in [6.07, 6.45) is 8.52. The van der Waals surface area contributed by atoms with Crippen LogP contribution in [0.25, 0.3) is 0 Å². The Hall–Kier alpha value is -0.600. The minimum absolute atomic E-state index is 0.813. The van der Waals surface area contributed by atoms with Crippen molar-refractivity contribution < 1.29 is 0 Å². The fraction of sp³-hybridized carbons (Fsp3) is 0.714. The van der Waals surface area contributed by atoms with Gasteiger partial charge in [-0.05, 0) is 52.2 Å². The molecule has 2 rings (SSSR count). The largest absolute Gasteiger partial charge is 0.320 e. The number of piperidine rings is 1. The van der Waals surface area contributed by atoms with Crippen molar-refractivity contribution in [3.63, 3.8) is 0 Å². The number of nitrogens with zero attached hydrogens (tertiary/aromatic N) is 1. The molecule has 1 atom stereocenters. The molecule has 1 fully saturated rings. The van der Waals surface area contributed by atoms with Gasteiger partial charge in [0.2, 0.25) is 0 Å². The van der Waals surface area contributed by atoms with E-state index >= 15 is 0 Å². The first-order chi connectivity index (χ1) is 7.79. The van der Waals surface area contributed by atoms with E-state index in [2.05, 4.69) is 29.3 Å². The summed E-state index contributed by atoms with van der Waals surface area (Å²) >= 11 is 0. The molecular weight excluding hydrogens is 196 g/mol. The highest BCUT2D eigenvalue weighted by molar-refractivity contribution is 5.27. The van der Waals surface area contributed by atoms with Gasteiger partial charge in [0, 0.05) is 13.1 Å². The highest BCUT2D eigenvalue weighted by Gasteiger charge is 2.25. The predicted molar refractivity (Wildman–Crippen MR) is 69.5 cm³/mol. The van der Waals surface area contributed by atoms with Gasteiger partial charge in [-0.25, -0.2) is 0 Å². The number of fused-ring (bicyclic) bond motifs is 1. The Kier molecular flexibility index (Phi) is 4.19. The molecule has 2 aliphatic rings. The molecule has 0 spiro atoms. The Morgan fingerprint density at radius 3 is 3.12 bits per heavy atom. The van der Waals surface area contributed by atoms with Gasteiger partial charge in [0.15, 0.2) is 0 Å². The quantitative estimate of drug-likeness (QED) is 0.731. The standard InChI is InChI=1S/C14H24N2/c1-12-4-5-13-6-9-16(8-3-7-15-2)11-14(13)10-12/h4-5,14-15H,3,6-11H2,1-2H3/t14-/m1/s1. The van der Waals surface area contributed by atoms with E-state index in [-0.39, 0.29) is 0 Å². The Morgan fingerprint density at radius 1 is 1.44 bits per heavy atom. The van der Waals surface area contributed by atoms with Crippen molar-refractivity contribution in [3.05, 3.63) is 23.3 Å². The number of nitrogens with one attached hydrogen (secondary N) is 1. The molecule has 0 saturated carbocycles. The highest BCUT2D eigenvalue weighted by atomic mass is 15.1. The molecule has 0 radical (unpaired) electrons. The third-order valence-electron chi connectivity index (χ3n) is 3.77. The van der Waals surface area contributed by atoms with E-state index in [1.54, 1.807) is 11.1 Å². The highest BCUT2D eigenvalue weighted by Crippen LogP contribution is 2.31. The van der Waals surface area contributed by atoms with Crippen LogP contribution in [0.15, 0.2) is 23.3 Å². The van der Waals surface area contributed by atoms with Gasteiger partial charge >= 0.3 is 0 Å². The van der Waals surface area contributed by atoms with Crippen LogP contribution in [0.5, 0.6) is 0 Å². The number of hydrogen-bond donors (Lipinski definition) is 1. The number of hydrogen-bond acceptors (Lipinski definition) is 2. The van der Waals surface area contributed by atoms with Crippen molar-refractivity contribution in [2.24, 2.45) is 5.92 Å². The maximum Gasteiger partial charge on any atom is 0.00504 e. The fourth-order valence-corrected chi connectivity index (χ4v) is 2.82. The summed E-state index contributed by atoms with van der Waals surface area (Å²) in [4.78, 5) is 2.64. The van der Waals surface area contributed by atoms with Crippen LogP contribution in [0.1, 0.15) is 26.2 Å². The zero-order chi connectivity index (χ0) is 11.4. The molecule has 0 aromatic carbocycles. The van der Waals surface area contributed by atoms with E-state index in [1.807, 2.05) is 7.05 Å². The average Bonchev–Trinajstić information content (AvgIpc) is 2.29. The van der Waals surface area contributed by atoms with E-state index in [9.17, 15) is 0 Å². The van der Waals surface area contributed by atoms with Gasteiger partial charge in [-0.3, -0.25) is 0 Å². The summed E-state index contributed by atoms with van der Waals surface area (Å²) in [5.74, 6) is 0.813. The molecule has 0 bridgehead atoms. The lowest BCUT2D eigenvalue weighted by molar-refractivity contribution is 0.209. The first-order valence-electron chi connectivity index (χ1n) is 6.53. The number of rotatable bonds is 4. The second kappa shape index (κ2) is 5.65. The van der Waals surface area contributed by atoms with Crippen LogP contribution in [0.4, 0.5) is 0 Å². The van der Waals surface area contributed by atoms with Crippen molar-refractivity contribution in [1.82, 2.24) is 10.2 Å². The summed E-state index contributed by atoms with van der Waals surface area (Å²) in [5.41, 5.74) is 3.24. The fourth-order valence-electron chi connectivity index (χ4n) is 2.82. The molecule has 0 aromatic heterocycles. The van der Waals surface area contributed by atoms with Gasteiger partial charge in [0.05, 0.1) is 0 Å². The number of likely N-dealkylation sites (tertiary alicyclic amines) is 1. The average molecular weight is 220 g/mol. The Morgan fingerprint density at radius 2 is 2.31 bits per heavy atom. The Bertz CT molecular complexity index is 291. The molecule has 1 saturated heterocycles. The van der Waals surface area contributed by atoms with Crippen molar-refractivity contribution in [3.8, 4) is 0 Å². The van der Waals surface area contributed by atoms with Crippen molar-refractivity contribution in [1.29, 1.82) is 0 Å². The van der Waals surface area contributed by atoms with E-state index in [0.717, 1.165) is 12.5 Å². The zero-order valence-corrected chi connectivity index (χ0v) is 10.6.